The molecule has 24 heavy (non-hydrogen) atoms. The molecule has 1 unspecified atom stereocenters. The van der Waals surface area contributed by atoms with Gasteiger partial charge in [-0.15, -0.1) is 0 Å². The van der Waals surface area contributed by atoms with Crippen LogP contribution in [0.4, 0.5) is 10.5 Å². The molecule has 1 fully saturated rings. The van der Waals surface area contributed by atoms with Crippen molar-refractivity contribution in [3.63, 3.8) is 0 Å². The van der Waals surface area contributed by atoms with Crippen molar-refractivity contribution in [1.29, 1.82) is 0 Å². The van der Waals surface area contributed by atoms with E-state index in [1.54, 1.807) is 16.9 Å². The van der Waals surface area contributed by atoms with E-state index in [1.165, 1.54) is 0 Å². The van der Waals surface area contributed by atoms with E-state index in [9.17, 15) is 9.59 Å². The Morgan fingerprint density at radius 3 is 2.88 bits per heavy atom. The van der Waals surface area contributed by atoms with Crippen molar-refractivity contribution in [2.75, 3.05) is 31.6 Å². The molecule has 1 saturated heterocycles. The molecule has 1 aliphatic heterocycles. The fourth-order valence-corrected chi connectivity index (χ4v) is 2.85. The van der Waals surface area contributed by atoms with Crippen molar-refractivity contribution in [1.82, 2.24) is 10.2 Å². The minimum absolute atomic E-state index is 0.0187. The van der Waals surface area contributed by atoms with Gasteiger partial charge in [-0.1, -0.05) is 19.4 Å². The predicted octanol–water partition coefficient (Wildman–Crippen LogP) is 2.63. The number of amides is 3. The molecule has 1 aromatic rings. The third-order valence-electron chi connectivity index (χ3n) is 4.27. The summed E-state index contributed by atoms with van der Waals surface area (Å²) in [6.07, 6.45) is 2.37. The van der Waals surface area contributed by atoms with Crippen LogP contribution in [0.15, 0.2) is 24.3 Å². The average Bonchev–Trinajstić information content (AvgIpc) is 2.96. The molecule has 3 amide bonds. The molecule has 1 aliphatic rings. The zero-order valence-electron chi connectivity index (χ0n) is 14.7. The monoisotopic (exact) mass is 333 g/mol. The highest BCUT2D eigenvalue weighted by Gasteiger charge is 2.32. The quantitative estimate of drug-likeness (QED) is 0.834. The number of ether oxygens (including phenoxy) is 1. The summed E-state index contributed by atoms with van der Waals surface area (Å²) < 4.78 is 5.21. The van der Waals surface area contributed by atoms with Gasteiger partial charge in [0.1, 0.15) is 5.75 Å². The van der Waals surface area contributed by atoms with Crippen LogP contribution in [0.5, 0.6) is 5.75 Å². The molecule has 6 heteroatoms. The van der Waals surface area contributed by atoms with E-state index in [0.717, 1.165) is 25.1 Å². The number of nitrogens with zero attached hydrogens (tertiary/aromatic N) is 2. The highest BCUT2D eigenvalue weighted by atomic mass is 16.5. The molecular formula is C18H27N3O3. The molecule has 0 aromatic heterocycles. The van der Waals surface area contributed by atoms with E-state index >= 15 is 0 Å². The van der Waals surface area contributed by atoms with Crippen molar-refractivity contribution in [2.45, 2.75) is 39.2 Å². The van der Waals surface area contributed by atoms with Gasteiger partial charge < -0.3 is 19.9 Å². The van der Waals surface area contributed by atoms with Crippen LogP contribution >= 0.6 is 0 Å². The van der Waals surface area contributed by atoms with Crippen LogP contribution in [0.1, 0.15) is 33.1 Å². The zero-order valence-corrected chi connectivity index (χ0v) is 14.7. The molecule has 0 saturated carbocycles. The van der Waals surface area contributed by atoms with Crippen LogP contribution in [-0.4, -0.2) is 49.6 Å². The summed E-state index contributed by atoms with van der Waals surface area (Å²) in [5.41, 5.74) is 0.800. The molecule has 1 aromatic carbocycles. The maximum atomic E-state index is 12.4. The van der Waals surface area contributed by atoms with E-state index in [1.807, 2.05) is 31.2 Å². The van der Waals surface area contributed by atoms with Crippen molar-refractivity contribution >= 4 is 17.6 Å². The molecule has 0 spiro atoms. The Kier molecular flexibility index (Phi) is 6.46. The smallest absolute Gasteiger partial charge is 0.317 e. The Balaban J connectivity index is 1.97. The summed E-state index contributed by atoms with van der Waals surface area (Å²) in [5, 5.41) is 2.99. The first-order valence-corrected chi connectivity index (χ1v) is 8.58. The van der Waals surface area contributed by atoms with Gasteiger partial charge in [-0.2, -0.15) is 0 Å². The number of rotatable bonds is 7. The van der Waals surface area contributed by atoms with Gasteiger partial charge in [0.2, 0.25) is 5.91 Å². The number of carbonyl (C=O) groups excluding carboxylic acids is 2. The number of unbranched alkanes of at least 4 members (excludes halogenated alkanes) is 1. The number of methoxy groups -OCH3 is 1. The first-order chi connectivity index (χ1) is 11.6. The average molecular weight is 333 g/mol. The molecule has 1 N–H and O–H groups in total. The summed E-state index contributed by atoms with van der Waals surface area (Å²) in [6.45, 7) is 5.99. The number of nitrogens with one attached hydrogen (secondary N) is 1. The SMILES string of the molecule is CCCCN(CC)C(=O)NC1CC(=O)N(c2cccc(OC)c2)C1. The third-order valence-corrected chi connectivity index (χ3v) is 4.27. The topological polar surface area (TPSA) is 61.9 Å². The first-order valence-electron chi connectivity index (χ1n) is 8.58. The second-order valence-electron chi connectivity index (χ2n) is 5.99. The number of benzene rings is 1. The number of carbonyl (C=O) groups is 2. The fourth-order valence-electron chi connectivity index (χ4n) is 2.85. The Labute approximate surface area is 143 Å². The Morgan fingerprint density at radius 2 is 2.21 bits per heavy atom. The van der Waals surface area contributed by atoms with Crippen LogP contribution in [0.3, 0.4) is 0 Å². The van der Waals surface area contributed by atoms with Gasteiger partial charge in [-0.05, 0) is 25.5 Å². The van der Waals surface area contributed by atoms with Gasteiger partial charge in [-0.3, -0.25) is 4.79 Å². The van der Waals surface area contributed by atoms with Crippen LogP contribution in [-0.2, 0) is 4.79 Å². The van der Waals surface area contributed by atoms with Crippen LogP contribution in [0, 0.1) is 0 Å². The summed E-state index contributed by atoms with van der Waals surface area (Å²) in [7, 11) is 1.60. The molecule has 132 valence electrons. The number of anilines is 1. The van der Waals surface area contributed by atoms with E-state index in [2.05, 4.69) is 12.2 Å². The third kappa shape index (κ3) is 4.40. The largest absolute Gasteiger partial charge is 0.497 e. The lowest BCUT2D eigenvalue weighted by Crippen LogP contribution is -2.46. The summed E-state index contributed by atoms with van der Waals surface area (Å²) in [4.78, 5) is 28.1. The predicted molar refractivity (Wildman–Crippen MR) is 94.4 cm³/mol. The molecule has 0 radical (unpaired) electrons. The minimum atomic E-state index is -0.160. The molecule has 1 heterocycles. The second-order valence-corrected chi connectivity index (χ2v) is 5.99. The van der Waals surface area contributed by atoms with Crippen molar-refractivity contribution in [3.8, 4) is 5.75 Å². The van der Waals surface area contributed by atoms with Crippen molar-refractivity contribution < 1.29 is 14.3 Å². The van der Waals surface area contributed by atoms with Crippen molar-refractivity contribution in [3.05, 3.63) is 24.3 Å². The van der Waals surface area contributed by atoms with Crippen LogP contribution < -0.4 is 15.0 Å². The molecule has 0 aliphatic carbocycles. The molecule has 2 rings (SSSR count). The standard InChI is InChI=1S/C18H27N3O3/c1-4-6-10-20(5-2)18(23)19-14-11-17(22)21(13-14)15-8-7-9-16(12-15)24-3/h7-9,12,14H,4-6,10-11,13H2,1-3H3,(H,19,23). The van der Waals surface area contributed by atoms with E-state index in [4.69, 9.17) is 4.74 Å². The maximum Gasteiger partial charge on any atom is 0.317 e. The van der Waals surface area contributed by atoms with Crippen LogP contribution in [0.2, 0.25) is 0 Å². The lowest BCUT2D eigenvalue weighted by molar-refractivity contribution is -0.117. The number of urea groups is 1. The summed E-state index contributed by atoms with van der Waals surface area (Å²) in [5.74, 6) is 0.731. The second kappa shape index (κ2) is 8.57. The number of hydrogen-bond acceptors (Lipinski definition) is 3. The normalized spacial score (nSPS) is 17.0. The molecule has 6 nitrogen and oxygen atoms in total. The van der Waals surface area contributed by atoms with Gasteiger partial charge in [-0.25, -0.2) is 4.79 Å². The fraction of sp³-hybridized carbons (Fsp3) is 0.556. The summed E-state index contributed by atoms with van der Waals surface area (Å²) in [6, 6.07) is 7.17. The minimum Gasteiger partial charge on any atom is -0.497 e. The highest BCUT2D eigenvalue weighted by Crippen LogP contribution is 2.25. The highest BCUT2D eigenvalue weighted by molar-refractivity contribution is 5.97. The Morgan fingerprint density at radius 1 is 1.42 bits per heavy atom. The maximum absolute atomic E-state index is 12.4. The Bertz CT molecular complexity index is 576. The number of hydrogen-bond donors (Lipinski definition) is 1. The zero-order chi connectivity index (χ0) is 17.5. The lowest BCUT2D eigenvalue weighted by atomic mass is 10.2. The molecular weight excluding hydrogens is 306 g/mol. The van der Waals surface area contributed by atoms with E-state index in [0.29, 0.717) is 25.3 Å². The Hall–Kier alpha value is -2.24. The van der Waals surface area contributed by atoms with Gasteiger partial charge in [0.15, 0.2) is 0 Å². The van der Waals surface area contributed by atoms with Crippen molar-refractivity contribution in [2.24, 2.45) is 0 Å². The van der Waals surface area contributed by atoms with E-state index < -0.39 is 0 Å². The van der Waals surface area contributed by atoms with Gasteiger partial charge in [0.05, 0.1) is 13.2 Å². The van der Waals surface area contributed by atoms with Gasteiger partial charge in [0.25, 0.3) is 0 Å². The van der Waals surface area contributed by atoms with Crippen LogP contribution in [0.25, 0.3) is 0 Å². The molecule has 1 atom stereocenters. The first kappa shape index (κ1) is 18.1. The van der Waals surface area contributed by atoms with Gasteiger partial charge >= 0.3 is 6.03 Å². The van der Waals surface area contributed by atoms with Gasteiger partial charge in [0, 0.05) is 37.8 Å². The molecule has 0 bridgehead atoms. The summed E-state index contributed by atoms with van der Waals surface area (Å²) >= 11 is 0. The lowest BCUT2D eigenvalue weighted by Gasteiger charge is -2.23. The van der Waals surface area contributed by atoms with E-state index in [-0.39, 0.29) is 18.0 Å².